The van der Waals surface area contributed by atoms with Crippen LogP contribution in [-0.2, 0) is 14.4 Å². The summed E-state index contributed by atoms with van der Waals surface area (Å²) in [5, 5.41) is 0. The molecule has 5 rings (SSSR count). The molecule has 0 bridgehead atoms. The number of imide groups is 1. The van der Waals surface area contributed by atoms with Crippen LogP contribution in [0.25, 0.3) is 11.0 Å². The number of H-pyrrole nitrogens is 1. The third kappa shape index (κ3) is 3.30. The zero-order valence-corrected chi connectivity index (χ0v) is 17.2. The Morgan fingerprint density at radius 3 is 2.43 bits per heavy atom. The highest BCUT2D eigenvalue weighted by Crippen LogP contribution is 2.38. The van der Waals surface area contributed by atoms with Crippen LogP contribution in [-0.4, -0.2) is 50.6 Å². The molecule has 158 valence electrons. The number of imidazole rings is 1. The molecule has 1 saturated carbocycles. The van der Waals surface area contributed by atoms with Gasteiger partial charge in [0.15, 0.2) is 0 Å². The number of piperidine rings is 1. The van der Waals surface area contributed by atoms with Crippen molar-refractivity contribution in [2.45, 2.75) is 57.4 Å². The normalized spacial score (nSPS) is 27.0. The van der Waals surface area contributed by atoms with Gasteiger partial charge in [0.25, 0.3) is 0 Å². The van der Waals surface area contributed by atoms with Crippen molar-refractivity contribution in [3.05, 3.63) is 30.1 Å². The topological polar surface area (TPSA) is 86.4 Å². The number of para-hydroxylation sites is 2. The Hall–Kier alpha value is -2.70. The largest absolute Gasteiger partial charge is 0.340 e. The molecular formula is C23H28N4O3. The summed E-state index contributed by atoms with van der Waals surface area (Å²) in [5.74, 6) is 0.383. The van der Waals surface area contributed by atoms with Crippen molar-refractivity contribution in [1.82, 2.24) is 19.8 Å². The summed E-state index contributed by atoms with van der Waals surface area (Å²) in [6.07, 6.45) is 6.72. The Kier molecular flexibility index (Phi) is 5.05. The second-order valence-corrected chi connectivity index (χ2v) is 8.81. The number of hydrogen-bond donors (Lipinski definition) is 1. The van der Waals surface area contributed by atoms with Crippen molar-refractivity contribution < 1.29 is 14.4 Å². The van der Waals surface area contributed by atoms with E-state index < -0.39 is 0 Å². The maximum atomic E-state index is 13.1. The monoisotopic (exact) mass is 408 g/mol. The molecule has 0 spiro atoms. The summed E-state index contributed by atoms with van der Waals surface area (Å²) in [7, 11) is 0. The van der Waals surface area contributed by atoms with Gasteiger partial charge in [-0.3, -0.25) is 19.3 Å². The summed E-state index contributed by atoms with van der Waals surface area (Å²) in [5.41, 5.74) is 1.88. The predicted molar refractivity (Wildman–Crippen MR) is 111 cm³/mol. The van der Waals surface area contributed by atoms with Gasteiger partial charge in [0, 0.05) is 19.5 Å². The van der Waals surface area contributed by atoms with Gasteiger partial charge in [-0.25, -0.2) is 4.98 Å². The van der Waals surface area contributed by atoms with Gasteiger partial charge in [-0.05, 0) is 44.2 Å². The standard InChI is InChI=1S/C23H28N4O3/c28-20(12-14-27-22(29)15-7-1-2-8-16(15)23(27)30)26-13-6-5-11-19(26)21-24-17-9-3-4-10-18(17)25-21/h3-4,9-10,15-16,19H,1-2,5-8,11-14H2,(H,24,25)/t15-,16-,19+/m0/s1. The van der Waals surface area contributed by atoms with E-state index in [9.17, 15) is 14.4 Å². The van der Waals surface area contributed by atoms with Crippen LogP contribution < -0.4 is 0 Å². The Morgan fingerprint density at radius 1 is 1.00 bits per heavy atom. The second-order valence-electron chi connectivity index (χ2n) is 8.81. The fraction of sp³-hybridized carbons (Fsp3) is 0.565. The minimum absolute atomic E-state index is 0.00405. The van der Waals surface area contributed by atoms with Gasteiger partial charge in [0.05, 0.1) is 28.9 Å². The molecule has 1 aliphatic carbocycles. The Balaban J connectivity index is 1.28. The number of aromatic nitrogens is 2. The molecule has 1 aromatic heterocycles. The van der Waals surface area contributed by atoms with E-state index in [0.717, 1.165) is 61.8 Å². The number of nitrogens with zero attached hydrogens (tertiary/aromatic N) is 3. The smallest absolute Gasteiger partial charge is 0.233 e. The van der Waals surface area contributed by atoms with E-state index >= 15 is 0 Å². The minimum Gasteiger partial charge on any atom is -0.340 e. The van der Waals surface area contributed by atoms with E-state index in [2.05, 4.69) is 4.98 Å². The summed E-state index contributed by atoms with van der Waals surface area (Å²) < 4.78 is 0. The van der Waals surface area contributed by atoms with E-state index in [1.807, 2.05) is 29.2 Å². The third-order valence-electron chi connectivity index (χ3n) is 7.03. The number of benzene rings is 1. The van der Waals surface area contributed by atoms with Gasteiger partial charge in [0.2, 0.25) is 17.7 Å². The zero-order valence-electron chi connectivity index (χ0n) is 17.2. The lowest BCUT2D eigenvalue weighted by Gasteiger charge is -2.35. The van der Waals surface area contributed by atoms with Crippen LogP contribution in [0, 0.1) is 11.8 Å². The van der Waals surface area contributed by atoms with Crippen LogP contribution in [0.3, 0.4) is 0 Å². The first-order valence-electron chi connectivity index (χ1n) is 11.2. The molecule has 30 heavy (non-hydrogen) atoms. The molecule has 3 aliphatic rings. The molecule has 0 unspecified atom stereocenters. The molecule has 3 amide bonds. The summed E-state index contributed by atoms with van der Waals surface area (Å²) in [4.78, 5) is 49.8. The number of amides is 3. The molecule has 3 fully saturated rings. The van der Waals surface area contributed by atoms with Crippen LogP contribution in [0.4, 0.5) is 0 Å². The Labute approximate surface area is 175 Å². The molecule has 3 heterocycles. The summed E-state index contributed by atoms with van der Waals surface area (Å²) in [6, 6.07) is 7.80. The van der Waals surface area contributed by atoms with Gasteiger partial charge in [0.1, 0.15) is 5.82 Å². The first-order valence-corrected chi connectivity index (χ1v) is 11.2. The van der Waals surface area contributed by atoms with Gasteiger partial charge >= 0.3 is 0 Å². The molecule has 1 N–H and O–H groups in total. The molecule has 1 aromatic carbocycles. The van der Waals surface area contributed by atoms with Crippen molar-refractivity contribution in [3.8, 4) is 0 Å². The third-order valence-corrected chi connectivity index (χ3v) is 7.03. The molecular weight excluding hydrogens is 380 g/mol. The highest BCUT2D eigenvalue weighted by molar-refractivity contribution is 6.05. The zero-order chi connectivity index (χ0) is 20.7. The molecule has 3 atom stereocenters. The van der Waals surface area contributed by atoms with Gasteiger partial charge in [-0.1, -0.05) is 25.0 Å². The first kappa shape index (κ1) is 19.3. The van der Waals surface area contributed by atoms with Crippen molar-refractivity contribution in [3.63, 3.8) is 0 Å². The number of carbonyl (C=O) groups is 3. The number of fused-ring (bicyclic) bond motifs is 2. The van der Waals surface area contributed by atoms with E-state index in [4.69, 9.17) is 4.98 Å². The molecule has 2 aromatic rings. The highest BCUT2D eigenvalue weighted by Gasteiger charge is 2.48. The van der Waals surface area contributed by atoms with Crippen molar-refractivity contribution in [2.75, 3.05) is 13.1 Å². The van der Waals surface area contributed by atoms with E-state index in [1.165, 1.54) is 4.90 Å². The Bertz CT molecular complexity index is 927. The maximum Gasteiger partial charge on any atom is 0.233 e. The average molecular weight is 409 g/mol. The predicted octanol–water partition coefficient (Wildman–Crippen LogP) is 3.18. The van der Waals surface area contributed by atoms with E-state index in [1.54, 1.807) is 0 Å². The number of hydrogen-bond acceptors (Lipinski definition) is 4. The number of likely N-dealkylation sites (tertiary alicyclic amines) is 2. The SMILES string of the molecule is O=C1[C@H]2CCCC[C@@H]2C(=O)N1CCC(=O)N1CCCC[C@@H]1c1nc2ccccc2[nH]1. The lowest BCUT2D eigenvalue weighted by Crippen LogP contribution is -2.41. The van der Waals surface area contributed by atoms with Crippen LogP contribution >= 0.6 is 0 Å². The lowest BCUT2D eigenvalue weighted by atomic mass is 9.81. The van der Waals surface area contributed by atoms with Gasteiger partial charge in [-0.2, -0.15) is 0 Å². The van der Waals surface area contributed by atoms with Gasteiger partial charge < -0.3 is 9.88 Å². The summed E-state index contributed by atoms with van der Waals surface area (Å²) in [6.45, 7) is 0.889. The first-order chi connectivity index (χ1) is 14.6. The molecule has 7 nitrogen and oxygen atoms in total. The molecule has 0 radical (unpaired) electrons. The Morgan fingerprint density at radius 2 is 1.70 bits per heavy atom. The highest BCUT2D eigenvalue weighted by atomic mass is 16.2. The fourth-order valence-electron chi connectivity index (χ4n) is 5.45. The van der Waals surface area contributed by atoms with E-state index in [0.29, 0.717) is 6.54 Å². The average Bonchev–Trinajstić information content (AvgIpc) is 3.32. The van der Waals surface area contributed by atoms with Crippen molar-refractivity contribution in [1.29, 1.82) is 0 Å². The van der Waals surface area contributed by atoms with Crippen LogP contribution in [0.1, 0.15) is 63.2 Å². The molecule has 2 saturated heterocycles. The lowest BCUT2D eigenvalue weighted by molar-refractivity contribution is -0.141. The van der Waals surface area contributed by atoms with E-state index in [-0.39, 0.29) is 48.6 Å². The van der Waals surface area contributed by atoms with Crippen molar-refractivity contribution in [2.24, 2.45) is 11.8 Å². The number of rotatable bonds is 4. The number of nitrogens with one attached hydrogen (secondary N) is 1. The van der Waals surface area contributed by atoms with Crippen LogP contribution in [0.5, 0.6) is 0 Å². The number of carbonyl (C=O) groups excluding carboxylic acids is 3. The van der Waals surface area contributed by atoms with Gasteiger partial charge in [-0.15, -0.1) is 0 Å². The molecule has 2 aliphatic heterocycles. The maximum absolute atomic E-state index is 13.1. The summed E-state index contributed by atoms with van der Waals surface area (Å²) >= 11 is 0. The van der Waals surface area contributed by atoms with Crippen LogP contribution in [0.15, 0.2) is 24.3 Å². The van der Waals surface area contributed by atoms with Crippen molar-refractivity contribution >= 4 is 28.8 Å². The minimum atomic E-state index is -0.153. The second kappa shape index (κ2) is 7.85. The number of aromatic amines is 1. The fourth-order valence-corrected chi connectivity index (χ4v) is 5.45. The quantitative estimate of drug-likeness (QED) is 0.787. The molecule has 7 heteroatoms. The van der Waals surface area contributed by atoms with Crippen LogP contribution in [0.2, 0.25) is 0 Å².